The maximum atomic E-state index is 11.7. The van der Waals surface area contributed by atoms with E-state index >= 15 is 0 Å². The van der Waals surface area contributed by atoms with Gasteiger partial charge in [-0.3, -0.25) is 4.98 Å². The van der Waals surface area contributed by atoms with Gasteiger partial charge in [0.25, 0.3) is 0 Å². The van der Waals surface area contributed by atoms with Gasteiger partial charge in [0.15, 0.2) is 0 Å². The van der Waals surface area contributed by atoms with Crippen molar-refractivity contribution in [1.82, 2.24) is 10.3 Å². The molecule has 0 aliphatic rings. The van der Waals surface area contributed by atoms with Crippen LogP contribution >= 0.6 is 0 Å². The molecular weight excluding hydrogens is 304 g/mol. The van der Waals surface area contributed by atoms with Crippen LogP contribution in [0.5, 0.6) is 5.75 Å². The van der Waals surface area contributed by atoms with Crippen molar-refractivity contribution in [3.63, 3.8) is 0 Å². The Bertz CT molecular complexity index is 813. The molecule has 24 heavy (non-hydrogen) atoms. The third-order valence-corrected chi connectivity index (χ3v) is 3.44. The topological polar surface area (TPSA) is 64.4 Å². The van der Waals surface area contributed by atoms with Crippen LogP contribution < -0.4 is 10.1 Å². The number of hydrogen-bond donors (Lipinski definition) is 1. The lowest BCUT2D eigenvalue weighted by Gasteiger charge is -2.08. The normalized spacial score (nSPS) is 10.4. The number of ether oxygens (including phenoxy) is 1. The predicted molar refractivity (Wildman–Crippen MR) is 91.7 cm³/mol. The summed E-state index contributed by atoms with van der Waals surface area (Å²) in [4.78, 5) is 15.9. The summed E-state index contributed by atoms with van der Waals surface area (Å²) >= 11 is 0. The van der Waals surface area contributed by atoms with Gasteiger partial charge >= 0.3 is 6.09 Å². The lowest BCUT2D eigenvalue weighted by atomic mass is 10.1. The van der Waals surface area contributed by atoms with Crippen molar-refractivity contribution in [1.29, 1.82) is 0 Å². The summed E-state index contributed by atoms with van der Waals surface area (Å²) in [6.07, 6.45) is 5.56. The van der Waals surface area contributed by atoms with Crippen LogP contribution in [0.1, 0.15) is 13.3 Å². The number of carbonyl (C=O) groups excluding carboxylic acids is 1. The molecule has 5 nitrogen and oxygen atoms in total. The summed E-state index contributed by atoms with van der Waals surface area (Å²) in [6, 6.07) is 13.1. The minimum atomic E-state index is -0.448. The summed E-state index contributed by atoms with van der Waals surface area (Å²) in [6.45, 7) is 2.58. The van der Waals surface area contributed by atoms with Gasteiger partial charge in [-0.1, -0.05) is 19.1 Å². The van der Waals surface area contributed by atoms with Gasteiger partial charge in [-0.2, -0.15) is 0 Å². The van der Waals surface area contributed by atoms with E-state index in [1.807, 2.05) is 43.3 Å². The average molecular weight is 322 g/mol. The molecule has 1 N–H and O–H groups in total. The highest BCUT2D eigenvalue weighted by atomic mass is 16.6. The number of rotatable bonds is 5. The Hall–Kier alpha value is -3.08. The SMILES string of the molecule is CCCNC(=O)Oc1cccc(-c2cncc(-c3ccco3)c2)c1. The van der Waals surface area contributed by atoms with Gasteiger partial charge in [0.05, 0.1) is 6.26 Å². The van der Waals surface area contributed by atoms with E-state index in [2.05, 4.69) is 10.3 Å². The fourth-order valence-electron chi connectivity index (χ4n) is 2.28. The van der Waals surface area contributed by atoms with E-state index in [9.17, 15) is 4.79 Å². The molecular formula is C19H18N2O3. The number of carbonyl (C=O) groups is 1. The number of nitrogens with zero attached hydrogens (tertiary/aromatic N) is 1. The third-order valence-electron chi connectivity index (χ3n) is 3.44. The van der Waals surface area contributed by atoms with Crippen molar-refractivity contribution in [3.05, 3.63) is 61.1 Å². The number of pyridine rings is 1. The van der Waals surface area contributed by atoms with E-state index in [1.165, 1.54) is 0 Å². The Balaban J connectivity index is 1.81. The fourth-order valence-corrected chi connectivity index (χ4v) is 2.28. The highest BCUT2D eigenvalue weighted by Gasteiger charge is 2.07. The van der Waals surface area contributed by atoms with Gasteiger partial charge in [0.1, 0.15) is 11.5 Å². The second-order valence-corrected chi connectivity index (χ2v) is 5.28. The summed E-state index contributed by atoms with van der Waals surface area (Å²) < 4.78 is 10.7. The van der Waals surface area contributed by atoms with Gasteiger partial charge in [0, 0.05) is 30.1 Å². The Morgan fingerprint density at radius 2 is 2.00 bits per heavy atom. The first kappa shape index (κ1) is 15.8. The van der Waals surface area contributed by atoms with Crippen LogP contribution in [0, 0.1) is 0 Å². The smallest absolute Gasteiger partial charge is 0.412 e. The number of nitrogens with one attached hydrogen (secondary N) is 1. The average Bonchev–Trinajstić information content (AvgIpc) is 3.15. The van der Waals surface area contributed by atoms with E-state index < -0.39 is 6.09 Å². The molecule has 0 bridgehead atoms. The van der Waals surface area contributed by atoms with Crippen LogP contribution in [0.15, 0.2) is 65.5 Å². The van der Waals surface area contributed by atoms with E-state index in [4.69, 9.17) is 9.15 Å². The predicted octanol–water partition coefficient (Wildman–Crippen LogP) is 4.51. The van der Waals surface area contributed by atoms with Crippen LogP contribution in [-0.2, 0) is 0 Å². The largest absolute Gasteiger partial charge is 0.464 e. The Morgan fingerprint density at radius 1 is 1.12 bits per heavy atom. The summed E-state index contributed by atoms with van der Waals surface area (Å²) in [5.74, 6) is 1.25. The molecule has 0 spiro atoms. The van der Waals surface area contributed by atoms with Crippen LogP contribution in [-0.4, -0.2) is 17.6 Å². The zero-order valence-corrected chi connectivity index (χ0v) is 13.4. The summed E-state index contributed by atoms with van der Waals surface area (Å²) in [5, 5.41) is 2.68. The first-order valence-corrected chi connectivity index (χ1v) is 7.81. The van der Waals surface area contributed by atoms with Crippen molar-refractivity contribution in [2.24, 2.45) is 0 Å². The molecule has 0 aliphatic heterocycles. The van der Waals surface area contributed by atoms with Crippen LogP contribution in [0.2, 0.25) is 0 Å². The zero-order chi connectivity index (χ0) is 16.8. The second-order valence-electron chi connectivity index (χ2n) is 5.28. The van der Waals surface area contributed by atoms with Gasteiger partial charge in [-0.15, -0.1) is 0 Å². The zero-order valence-electron chi connectivity index (χ0n) is 13.4. The number of aromatic nitrogens is 1. The first-order valence-electron chi connectivity index (χ1n) is 7.81. The number of benzene rings is 1. The van der Waals surface area contributed by atoms with Gasteiger partial charge in [-0.05, 0) is 42.3 Å². The first-order chi connectivity index (χ1) is 11.8. The van der Waals surface area contributed by atoms with E-state index in [0.29, 0.717) is 12.3 Å². The monoisotopic (exact) mass is 322 g/mol. The van der Waals surface area contributed by atoms with Gasteiger partial charge in [-0.25, -0.2) is 4.79 Å². The molecule has 1 amide bonds. The molecule has 0 radical (unpaired) electrons. The van der Waals surface area contributed by atoms with Crippen LogP contribution in [0.25, 0.3) is 22.5 Å². The Kier molecular flexibility index (Phi) is 4.91. The molecule has 0 atom stereocenters. The number of furan rings is 1. The highest BCUT2D eigenvalue weighted by Crippen LogP contribution is 2.27. The molecule has 0 fully saturated rings. The molecule has 1 aromatic carbocycles. The standard InChI is InChI=1S/C19H18N2O3/c1-2-8-21-19(22)24-17-6-3-5-14(11-17)15-10-16(13-20-12-15)18-7-4-9-23-18/h3-7,9-13H,2,8H2,1H3,(H,21,22). The maximum Gasteiger partial charge on any atom is 0.412 e. The fraction of sp³-hybridized carbons (Fsp3) is 0.158. The molecule has 2 heterocycles. The molecule has 3 aromatic rings. The van der Waals surface area contributed by atoms with Crippen molar-refractivity contribution in [2.45, 2.75) is 13.3 Å². The molecule has 0 unspecified atom stereocenters. The van der Waals surface area contributed by atoms with Crippen molar-refractivity contribution in [2.75, 3.05) is 6.54 Å². The molecule has 0 saturated heterocycles. The molecule has 3 rings (SSSR count). The lowest BCUT2D eigenvalue weighted by molar-refractivity contribution is 0.200. The van der Waals surface area contributed by atoms with Crippen molar-refractivity contribution < 1.29 is 13.9 Å². The Morgan fingerprint density at radius 3 is 2.79 bits per heavy atom. The van der Waals surface area contributed by atoms with Crippen molar-refractivity contribution in [3.8, 4) is 28.2 Å². The summed E-state index contributed by atoms with van der Waals surface area (Å²) in [7, 11) is 0. The molecule has 0 saturated carbocycles. The molecule has 5 heteroatoms. The van der Waals surface area contributed by atoms with E-state index in [-0.39, 0.29) is 0 Å². The van der Waals surface area contributed by atoms with Crippen LogP contribution in [0.3, 0.4) is 0 Å². The second kappa shape index (κ2) is 7.46. The summed E-state index contributed by atoms with van der Waals surface area (Å²) in [5.41, 5.74) is 2.73. The van der Waals surface area contributed by atoms with E-state index in [1.54, 1.807) is 24.7 Å². The third kappa shape index (κ3) is 3.81. The molecule has 0 aliphatic carbocycles. The van der Waals surface area contributed by atoms with Crippen LogP contribution in [0.4, 0.5) is 4.79 Å². The maximum absolute atomic E-state index is 11.7. The Labute approximate surface area is 140 Å². The van der Waals surface area contributed by atoms with Gasteiger partial charge in [0.2, 0.25) is 0 Å². The quantitative estimate of drug-likeness (QED) is 0.751. The van der Waals surface area contributed by atoms with Gasteiger partial charge < -0.3 is 14.5 Å². The number of amides is 1. The van der Waals surface area contributed by atoms with E-state index in [0.717, 1.165) is 28.9 Å². The molecule has 122 valence electrons. The minimum Gasteiger partial charge on any atom is -0.464 e. The lowest BCUT2D eigenvalue weighted by Crippen LogP contribution is -2.27. The number of hydrogen-bond acceptors (Lipinski definition) is 4. The highest BCUT2D eigenvalue weighted by molar-refractivity contribution is 5.73. The minimum absolute atomic E-state index is 0.448. The van der Waals surface area contributed by atoms with Crippen molar-refractivity contribution >= 4 is 6.09 Å². The molecule has 2 aromatic heterocycles.